The number of nitro groups is 1. The quantitative estimate of drug-likeness (QED) is 0.490. The van der Waals surface area contributed by atoms with Crippen molar-refractivity contribution in [3.05, 3.63) is 21.3 Å². The van der Waals surface area contributed by atoms with Crippen LogP contribution in [0, 0.1) is 10.1 Å². The number of hydrogen-bond donors (Lipinski definition) is 2. The van der Waals surface area contributed by atoms with Crippen LogP contribution in [0.25, 0.3) is 0 Å². The Morgan fingerprint density at radius 3 is 2.63 bits per heavy atom. The monoisotopic (exact) mass is 288 g/mol. The number of pyridine rings is 1. The summed E-state index contributed by atoms with van der Waals surface area (Å²) in [5, 5.41) is 13.0. The van der Waals surface area contributed by atoms with Crippen LogP contribution in [-0.2, 0) is 4.74 Å². The minimum Gasteiger partial charge on any atom is -0.444 e. The fourth-order valence-electron chi connectivity index (χ4n) is 1.23. The van der Waals surface area contributed by atoms with Crippen molar-refractivity contribution < 1.29 is 14.5 Å². The number of carbonyl (C=O) groups is 1. The zero-order valence-corrected chi connectivity index (χ0v) is 11.3. The highest BCUT2D eigenvalue weighted by molar-refractivity contribution is 6.30. The summed E-state index contributed by atoms with van der Waals surface area (Å²) in [7, 11) is 0. The van der Waals surface area contributed by atoms with Crippen molar-refractivity contribution in [3.63, 3.8) is 0 Å². The van der Waals surface area contributed by atoms with Crippen LogP contribution in [-0.4, -0.2) is 21.6 Å². The molecule has 1 rings (SSSR count). The number of rotatable bonds is 2. The molecule has 0 saturated carbocycles. The number of ether oxygens (including phenoxy) is 1. The Morgan fingerprint density at radius 1 is 1.58 bits per heavy atom. The first kappa shape index (κ1) is 15.0. The van der Waals surface area contributed by atoms with Crippen molar-refractivity contribution in [3.8, 4) is 0 Å². The summed E-state index contributed by atoms with van der Waals surface area (Å²) in [4.78, 5) is 25.2. The van der Waals surface area contributed by atoms with Gasteiger partial charge >= 0.3 is 11.8 Å². The second-order valence-electron chi connectivity index (χ2n) is 4.61. The number of anilines is 2. The molecule has 1 aromatic heterocycles. The molecular weight excluding hydrogens is 276 g/mol. The largest absolute Gasteiger partial charge is 0.444 e. The summed E-state index contributed by atoms with van der Waals surface area (Å²) in [6, 6.07) is 1.12. The number of hydrogen-bond acceptors (Lipinski definition) is 6. The van der Waals surface area contributed by atoms with Gasteiger partial charge in [-0.25, -0.2) is 9.78 Å². The van der Waals surface area contributed by atoms with Crippen molar-refractivity contribution in [2.75, 3.05) is 11.1 Å². The van der Waals surface area contributed by atoms with Gasteiger partial charge in [0, 0.05) is 6.07 Å². The highest BCUT2D eigenvalue weighted by atomic mass is 35.5. The van der Waals surface area contributed by atoms with Crippen LogP contribution in [0.5, 0.6) is 0 Å². The Balaban J connectivity index is 3.07. The maximum atomic E-state index is 11.6. The summed E-state index contributed by atoms with van der Waals surface area (Å²) in [6.45, 7) is 4.98. The molecule has 19 heavy (non-hydrogen) atoms. The molecule has 0 aliphatic heterocycles. The van der Waals surface area contributed by atoms with Crippen molar-refractivity contribution in [1.82, 2.24) is 4.98 Å². The Kier molecular flexibility index (Phi) is 4.15. The van der Waals surface area contributed by atoms with E-state index in [0.717, 1.165) is 6.07 Å². The Bertz CT molecular complexity index is 527. The molecule has 0 spiro atoms. The van der Waals surface area contributed by atoms with E-state index in [1.807, 2.05) is 0 Å². The number of aromatic nitrogens is 1. The second kappa shape index (κ2) is 5.27. The summed E-state index contributed by atoms with van der Waals surface area (Å²) in [6.07, 6.45) is -0.850. The number of nitrogens with two attached hydrogens (primary N) is 1. The van der Waals surface area contributed by atoms with E-state index in [4.69, 9.17) is 22.1 Å². The summed E-state index contributed by atoms with van der Waals surface area (Å²) < 4.78 is 4.98. The topological polar surface area (TPSA) is 120 Å². The van der Waals surface area contributed by atoms with Crippen molar-refractivity contribution in [2.45, 2.75) is 26.4 Å². The number of nitrogens with zero attached hydrogens (tertiary/aromatic N) is 2. The molecule has 8 nitrogen and oxygen atoms in total. The van der Waals surface area contributed by atoms with Crippen LogP contribution in [0.4, 0.5) is 22.0 Å². The molecule has 104 valence electrons. The Hall–Kier alpha value is -2.09. The van der Waals surface area contributed by atoms with E-state index in [2.05, 4.69) is 10.3 Å². The molecule has 9 heteroatoms. The zero-order chi connectivity index (χ0) is 14.8. The molecule has 0 saturated heterocycles. The number of amides is 1. The SMILES string of the molecule is CC(C)(C)OC(=O)Nc1cc(Cl)nc(N)c1[N+](=O)[O-]. The molecule has 0 aliphatic rings. The molecule has 1 amide bonds. The van der Waals surface area contributed by atoms with Gasteiger partial charge in [0.05, 0.1) is 4.92 Å². The average Bonchev–Trinajstić information content (AvgIpc) is 2.10. The summed E-state index contributed by atoms with van der Waals surface area (Å²) in [5.41, 5.74) is 3.96. The van der Waals surface area contributed by atoms with Gasteiger partial charge in [0.25, 0.3) is 0 Å². The molecule has 3 N–H and O–H groups in total. The van der Waals surface area contributed by atoms with Crippen molar-refractivity contribution in [2.24, 2.45) is 0 Å². The van der Waals surface area contributed by atoms with Gasteiger partial charge in [-0.2, -0.15) is 0 Å². The van der Waals surface area contributed by atoms with Gasteiger partial charge in [-0.05, 0) is 20.8 Å². The molecule has 0 bridgehead atoms. The van der Waals surface area contributed by atoms with Gasteiger partial charge < -0.3 is 10.5 Å². The van der Waals surface area contributed by atoms with Crippen LogP contribution in [0.15, 0.2) is 6.07 Å². The standard InChI is InChI=1S/C10H13ClN4O4/c1-10(2,3)19-9(16)13-5-4-6(11)14-8(12)7(5)15(17)18/h4H,1-3H3,(H3,12,13,14,16). The zero-order valence-electron chi connectivity index (χ0n) is 10.6. The van der Waals surface area contributed by atoms with E-state index >= 15 is 0 Å². The van der Waals surface area contributed by atoms with Crippen LogP contribution < -0.4 is 11.1 Å². The lowest BCUT2D eigenvalue weighted by Gasteiger charge is -2.19. The van der Waals surface area contributed by atoms with Crippen LogP contribution >= 0.6 is 11.6 Å². The highest BCUT2D eigenvalue weighted by Gasteiger charge is 2.24. The average molecular weight is 289 g/mol. The third kappa shape index (κ3) is 4.25. The predicted octanol–water partition coefficient (Wildman–Crippen LogP) is 2.57. The fourth-order valence-corrected chi connectivity index (χ4v) is 1.43. The van der Waals surface area contributed by atoms with E-state index in [1.165, 1.54) is 0 Å². The predicted molar refractivity (Wildman–Crippen MR) is 70.2 cm³/mol. The molecule has 0 unspecified atom stereocenters. The number of nitrogens with one attached hydrogen (secondary N) is 1. The van der Waals surface area contributed by atoms with E-state index in [1.54, 1.807) is 20.8 Å². The van der Waals surface area contributed by atoms with Gasteiger partial charge in [-0.1, -0.05) is 11.6 Å². The van der Waals surface area contributed by atoms with Crippen molar-refractivity contribution in [1.29, 1.82) is 0 Å². The summed E-state index contributed by atoms with van der Waals surface area (Å²) >= 11 is 5.64. The van der Waals surface area contributed by atoms with Gasteiger partial charge in [-0.3, -0.25) is 15.4 Å². The number of halogens is 1. The molecular formula is C10H13ClN4O4. The van der Waals surface area contributed by atoms with Gasteiger partial charge in [0.2, 0.25) is 5.82 Å². The van der Waals surface area contributed by atoms with E-state index < -0.39 is 22.3 Å². The first-order valence-corrected chi connectivity index (χ1v) is 5.58. The van der Waals surface area contributed by atoms with Gasteiger partial charge in [0.1, 0.15) is 16.4 Å². The third-order valence-corrected chi connectivity index (χ3v) is 2.00. The molecule has 0 radical (unpaired) electrons. The van der Waals surface area contributed by atoms with E-state index in [-0.39, 0.29) is 16.7 Å². The molecule has 0 atom stereocenters. The lowest BCUT2D eigenvalue weighted by atomic mass is 10.2. The minimum absolute atomic E-state index is 0.0749. The first-order valence-electron chi connectivity index (χ1n) is 5.20. The van der Waals surface area contributed by atoms with Crippen LogP contribution in [0.2, 0.25) is 5.15 Å². The minimum atomic E-state index is -0.850. The second-order valence-corrected chi connectivity index (χ2v) is 5.00. The fraction of sp³-hybridized carbons (Fsp3) is 0.400. The van der Waals surface area contributed by atoms with Gasteiger partial charge in [0.15, 0.2) is 0 Å². The Morgan fingerprint density at radius 2 is 2.16 bits per heavy atom. The maximum Gasteiger partial charge on any atom is 0.412 e. The van der Waals surface area contributed by atoms with Crippen LogP contribution in [0.3, 0.4) is 0 Å². The smallest absolute Gasteiger partial charge is 0.412 e. The molecule has 0 fully saturated rings. The Labute approximate surface area is 114 Å². The number of carbonyl (C=O) groups excluding carboxylic acids is 1. The first-order chi connectivity index (χ1) is 8.60. The normalized spacial score (nSPS) is 10.9. The number of nitrogen functional groups attached to an aromatic ring is 1. The maximum absolute atomic E-state index is 11.6. The third-order valence-electron chi connectivity index (χ3n) is 1.81. The van der Waals surface area contributed by atoms with E-state index in [9.17, 15) is 14.9 Å². The highest BCUT2D eigenvalue weighted by Crippen LogP contribution is 2.32. The lowest BCUT2D eigenvalue weighted by Crippen LogP contribution is -2.27. The van der Waals surface area contributed by atoms with Crippen LogP contribution in [0.1, 0.15) is 20.8 Å². The molecule has 0 aromatic carbocycles. The van der Waals surface area contributed by atoms with E-state index in [0.29, 0.717) is 0 Å². The molecule has 0 aliphatic carbocycles. The lowest BCUT2D eigenvalue weighted by molar-refractivity contribution is -0.383. The molecule has 1 heterocycles. The van der Waals surface area contributed by atoms with Crippen molar-refractivity contribution >= 4 is 34.9 Å². The molecule has 1 aromatic rings. The summed E-state index contributed by atoms with van der Waals surface area (Å²) in [5.74, 6) is -0.386. The van der Waals surface area contributed by atoms with Gasteiger partial charge in [-0.15, -0.1) is 0 Å².